The van der Waals surface area contributed by atoms with Crippen molar-refractivity contribution in [2.24, 2.45) is 0 Å². The number of aryl methyl sites for hydroxylation is 1. The Labute approximate surface area is 143 Å². The Morgan fingerprint density at radius 1 is 1.21 bits per heavy atom. The molecule has 1 aromatic heterocycles. The highest BCUT2D eigenvalue weighted by Crippen LogP contribution is 2.20. The van der Waals surface area contributed by atoms with E-state index in [-0.39, 0.29) is 5.91 Å². The number of esters is 1. The van der Waals surface area contributed by atoms with Crippen molar-refractivity contribution in [3.63, 3.8) is 0 Å². The van der Waals surface area contributed by atoms with E-state index in [1.807, 2.05) is 0 Å². The number of rotatable bonds is 7. The lowest BCUT2D eigenvalue weighted by Gasteiger charge is -2.21. The maximum absolute atomic E-state index is 12.3. The van der Waals surface area contributed by atoms with E-state index in [0.29, 0.717) is 41.8 Å². The van der Waals surface area contributed by atoms with Gasteiger partial charge in [-0.1, -0.05) is 19.3 Å². The molecule has 6 nitrogen and oxygen atoms in total. The Balaban J connectivity index is 1.77. The molecule has 0 aliphatic heterocycles. The normalized spacial score (nSPS) is 15.3. The van der Waals surface area contributed by atoms with Gasteiger partial charge in [0, 0.05) is 18.8 Å². The molecule has 1 fully saturated rings. The zero-order valence-electron chi connectivity index (χ0n) is 14.9. The van der Waals surface area contributed by atoms with Gasteiger partial charge in [0.25, 0.3) is 5.91 Å². The van der Waals surface area contributed by atoms with E-state index in [9.17, 15) is 9.59 Å². The van der Waals surface area contributed by atoms with Gasteiger partial charge in [0.05, 0.1) is 18.8 Å². The van der Waals surface area contributed by atoms with Gasteiger partial charge >= 0.3 is 5.97 Å². The summed E-state index contributed by atoms with van der Waals surface area (Å²) in [6, 6.07) is 0. The number of carbonyl (C=O) groups is 2. The number of carbonyl (C=O) groups excluding carboxylic acids is 2. The van der Waals surface area contributed by atoms with Crippen molar-refractivity contribution in [1.29, 1.82) is 0 Å². The number of H-pyrrole nitrogens is 1. The Morgan fingerprint density at radius 3 is 2.58 bits per heavy atom. The first-order valence-electron chi connectivity index (χ1n) is 8.72. The SMILES string of the molecule is COC(=O)c1c(C)[nH]c(C(=O)NCCCOC2CCCCC2)c1C. The zero-order valence-corrected chi connectivity index (χ0v) is 14.9. The number of aromatic amines is 1. The molecule has 1 aromatic rings. The molecule has 1 heterocycles. The summed E-state index contributed by atoms with van der Waals surface area (Å²) in [5, 5.41) is 2.87. The molecule has 2 rings (SSSR count). The first-order valence-corrected chi connectivity index (χ1v) is 8.72. The van der Waals surface area contributed by atoms with Crippen molar-refractivity contribution in [3.8, 4) is 0 Å². The van der Waals surface area contributed by atoms with Crippen LogP contribution in [0.15, 0.2) is 0 Å². The van der Waals surface area contributed by atoms with Gasteiger partial charge in [0.15, 0.2) is 0 Å². The Kier molecular flexibility index (Phi) is 6.85. The fraction of sp³-hybridized carbons (Fsp3) is 0.667. The number of nitrogens with one attached hydrogen (secondary N) is 2. The number of amides is 1. The summed E-state index contributed by atoms with van der Waals surface area (Å²) in [6.45, 7) is 4.72. The first kappa shape index (κ1) is 18.5. The van der Waals surface area contributed by atoms with E-state index < -0.39 is 5.97 Å². The fourth-order valence-corrected chi connectivity index (χ4v) is 3.23. The molecule has 1 saturated carbocycles. The van der Waals surface area contributed by atoms with E-state index >= 15 is 0 Å². The second kappa shape index (κ2) is 8.87. The Bertz CT molecular complexity index is 574. The third-order valence-corrected chi connectivity index (χ3v) is 4.57. The maximum atomic E-state index is 12.3. The van der Waals surface area contributed by atoms with Crippen molar-refractivity contribution in [1.82, 2.24) is 10.3 Å². The van der Waals surface area contributed by atoms with Gasteiger partial charge in [0.2, 0.25) is 0 Å². The van der Waals surface area contributed by atoms with E-state index in [0.717, 1.165) is 19.3 Å². The van der Waals surface area contributed by atoms with Gasteiger partial charge in [-0.25, -0.2) is 4.79 Å². The predicted molar refractivity (Wildman–Crippen MR) is 91.4 cm³/mol. The average Bonchev–Trinajstić information content (AvgIpc) is 2.89. The van der Waals surface area contributed by atoms with Gasteiger partial charge in [-0.15, -0.1) is 0 Å². The number of hydrogen-bond donors (Lipinski definition) is 2. The van der Waals surface area contributed by atoms with Crippen molar-refractivity contribution in [2.45, 2.75) is 58.5 Å². The highest BCUT2D eigenvalue weighted by Gasteiger charge is 2.22. The topological polar surface area (TPSA) is 80.4 Å². The summed E-state index contributed by atoms with van der Waals surface area (Å²) in [5.41, 5.74) is 2.12. The third-order valence-electron chi connectivity index (χ3n) is 4.57. The second-order valence-electron chi connectivity index (χ2n) is 6.36. The van der Waals surface area contributed by atoms with Gasteiger partial charge in [-0.05, 0) is 38.7 Å². The number of aromatic nitrogens is 1. The minimum atomic E-state index is -0.429. The Hall–Kier alpha value is -1.82. The highest BCUT2D eigenvalue weighted by atomic mass is 16.5. The van der Waals surface area contributed by atoms with Crippen molar-refractivity contribution in [2.75, 3.05) is 20.3 Å². The standard InChI is InChI=1S/C18H28N2O4/c1-12-15(18(22)23-3)13(2)20-16(12)17(21)19-10-7-11-24-14-8-5-4-6-9-14/h14,20H,4-11H2,1-3H3,(H,19,21). The molecule has 0 spiro atoms. The van der Waals surface area contributed by atoms with Crippen LogP contribution in [0.3, 0.4) is 0 Å². The molecule has 0 radical (unpaired) electrons. The van der Waals surface area contributed by atoms with Crippen LogP contribution in [-0.2, 0) is 9.47 Å². The monoisotopic (exact) mass is 336 g/mol. The van der Waals surface area contributed by atoms with Gasteiger partial charge in [-0.3, -0.25) is 4.79 Å². The van der Waals surface area contributed by atoms with Crippen LogP contribution in [0.4, 0.5) is 0 Å². The van der Waals surface area contributed by atoms with Crippen LogP contribution < -0.4 is 5.32 Å². The lowest BCUT2D eigenvalue weighted by molar-refractivity contribution is 0.0273. The summed E-state index contributed by atoms with van der Waals surface area (Å²) >= 11 is 0. The molecule has 0 atom stereocenters. The lowest BCUT2D eigenvalue weighted by atomic mass is 9.98. The zero-order chi connectivity index (χ0) is 17.5. The summed E-state index contributed by atoms with van der Waals surface area (Å²) in [4.78, 5) is 27.0. The average molecular weight is 336 g/mol. The summed E-state index contributed by atoms with van der Waals surface area (Å²) < 4.78 is 10.6. The van der Waals surface area contributed by atoms with E-state index in [1.165, 1.54) is 26.4 Å². The van der Waals surface area contributed by atoms with Crippen molar-refractivity contribution in [3.05, 3.63) is 22.5 Å². The number of methoxy groups -OCH3 is 1. The van der Waals surface area contributed by atoms with Gasteiger partial charge in [-0.2, -0.15) is 0 Å². The van der Waals surface area contributed by atoms with Crippen molar-refractivity contribution < 1.29 is 19.1 Å². The molecular weight excluding hydrogens is 308 g/mol. The highest BCUT2D eigenvalue weighted by molar-refractivity contribution is 6.00. The van der Waals surface area contributed by atoms with E-state index in [4.69, 9.17) is 9.47 Å². The predicted octanol–water partition coefficient (Wildman–Crippen LogP) is 2.89. The fourth-order valence-electron chi connectivity index (χ4n) is 3.23. The molecule has 1 aliphatic rings. The quantitative estimate of drug-likeness (QED) is 0.593. The van der Waals surface area contributed by atoms with Crippen LogP contribution in [0.2, 0.25) is 0 Å². The van der Waals surface area contributed by atoms with Crippen LogP contribution in [0.5, 0.6) is 0 Å². The molecule has 0 aromatic carbocycles. The molecule has 0 saturated heterocycles. The first-order chi connectivity index (χ1) is 11.5. The second-order valence-corrected chi connectivity index (χ2v) is 6.36. The lowest BCUT2D eigenvalue weighted by Crippen LogP contribution is -2.27. The largest absolute Gasteiger partial charge is 0.465 e. The van der Waals surface area contributed by atoms with Crippen LogP contribution in [0.1, 0.15) is 70.6 Å². The van der Waals surface area contributed by atoms with Crippen LogP contribution in [0, 0.1) is 13.8 Å². The van der Waals surface area contributed by atoms with Gasteiger partial charge < -0.3 is 19.8 Å². The molecule has 6 heteroatoms. The molecule has 1 amide bonds. The smallest absolute Gasteiger partial charge is 0.339 e. The maximum Gasteiger partial charge on any atom is 0.339 e. The van der Waals surface area contributed by atoms with Crippen molar-refractivity contribution >= 4 is 11.9 Å². The molecule has 1 aliphatic carbocycles. The minimum Gasteiger partial charge on any atom is -0.465 e. The van der Waals surface area contributed by atoms with Gasteiger partial charge in [0.1, 0.15) is 5.69 Å². The molecule has 134 valence electrons. The molecular formula is C18H28N2O4. The molecule has 0 bridgehead atoms. The molecule has 2 N–H and O–H groups in total. The van der Waals surface area contributed by atoms with E-state index in [2.05, 4.69) is 10.3 Å². The molecule has 24 heavy (non-hydrogen) atoms. The Morgan fingerprint density at radius 2 is 1.92 bits per heavy atom. The summed E-state index contributed by atoms with van der Waals surface area (Å²) in [7, 11) is 1.33. The summed E-state index contributed by atoms with van der Waals surface area (Å²) in [5.74, 6) is -0.635. The number of hydrogen-bond acceptors (Lipinski definition) is 4. The van der Waals surface area contributed by atoms with Crippen LogP contribution >= 0.6 is 0 Å². The van der Waals surface area contributed by atoms with Crippen LogP contribution in [0.25, 0.3) is 0 Å². The minimum absolute atomic E-state index is 0.205. The van der Waals surface area contributed by atoms with Crippen LogP contribution in [-0.4, -0.2) is 43.2 Å². The van der Waals surface area contributed by atoms with E-state index in [1.54, 1.807) is 13.8 Å². The third kappa shape index (κ3) is 4.60. The number of ether oxygens (including phenoxy) is 2. The summed E-state index contributed by atoms with van der Waals surface area (Å²) in [6.07, 6.45) is 7.33. The molecule has 0 unspecified atom stereocenters.